The molecule has 1 atom stereocenters. The van der Waals surface area contributed by atoms with Gasteiger partial charge in [-0.05, 0) is 25.8 Å². The minimum atomic E-state index is -0.960. The summed E-state index contributed by atoms with van der Waals surface area (Å²) >= 11 is 0. The third-order valence-corrected chi connectivity index (χ3v) is 4.12. The number of rotatable bonds is 6. The number of hydrogen-bond acceptors (Lipinski definition) is 6. The zero-order valence-electron chi connectivity index (χ0n) is 13.2. The second-order valence-corrected chi connectivity index (χ2v) is 5.94. The van der Waals surface area contributed by atoms with Crippen molar-refractivity contribution in [2.24, 2.45) is 11.1 Å². The fraction of sp³-hybridized carbons (Fsp3) is 0.733. The van der Waals surface area contributed by atoms with Crippen LogP contribution in [0.15, 0.2) is 11.6 Å². The van der Waals surface area contributed by atoms with E-state index in [0.717, 1.165) is 0 Å². The number of Topliss-reactive ketones (excluding diaryl/α,β-unsaturated/α-hetero) is 1. The summed E-state index contributed by atoms with van der Waals surface area (Å²) in [5, 5.41) is 0. The maximum absolute atomic E-state index is 12.1. The van der Waals surface area contributed by atoms with Crippen LogP contribution < -0.4 is 5.73 Å². The lowest BCUT2D eigenvalue weighted by Crippen LogP contribution is -2.59. The van der Waals surface area contributed by atoms with Gasteiger partial charge in [0.1, 0.15) is 0 Å². The molecule has 1 unspecified atom stereocenters. The molecule has 3 fully saturated rings. The average Bonchev–Trinajstić information content (AvgIpc) is 2.53. The van der Waals surface area contributed by atoms with Crippen LogP contribution in [-0.2, 0) is 23.7 Å². The first-order valence-corrected chi connectivity index (χ1v) is 7.40. The molecule has 3 rings (SSSR count). The Morgan fingerprint density at radius 2 is 1.82 bits per heavy atom. The molecule has 0 aliphatic carbocycles. The van der Waals surface area contributed by atoms with Crippen LogP contribution in [0.2, 0.25) is 0 Å². The maximum atomic E-state index is 12.1. The van der Waals surface area contributed by atoms with E-state index < -0.39 is 18.2 Å². The van der Waals surface area contributed by atoms with Gasteiger partial charge in [0, 0.05) is 11.8 Å². The van der Waals surface area contributed by atoms with Crippen LogP contribution in [-0.4, -0.2) is 43.8 Å². The van der Waals surface area contributed by atoms with Gasteiger partial charge in [-0.2, -0.15) is 0 Å². The molecule has 0 radical (unpaired) electrons. The topological polar surface area (TPSA) is 97.1 Å². The van der Waals surface area contributed by atoms with E-state index in [1.165, 1.54) is 6.92 Å². The van der Waals surface area contributed by atoms with Gasteiger partial charge in [0.05, 0.1) is 19.8 Å². The Morgan fingerprint density at radius 1 is 1.27 bits per heavy atom. The van der Waals surface area contributed by atoms with Crippen molar-refractivity contribution in [1.29, 1.82) is 0 Å². The Bertz CT molecular complexity index is 462. The number of hydrogen-bond donors (Lipinski definition) is 1. The molecule has 3 heterocycles. The molecule has 124 valence electrons. The van der Waals surface area contributed by atoms with Crippen molar-refractivity contribution in [1.82, 2.24) is 0 Å². The molecule has 2 bridgehead atoms. The van der Waals surface area contributed by atoms with Crippen molar-refractivity contribution in [2.75, 3.05) is 19.8 Å². The van der Waals surface area contributed by atoms with E-state index in [1.54, 1.807) is 6.92 Å². The third-order valence-electron chi connectivity index (χ3n) is 4.12. The molecule has 0 saturated carbocycles. The molecule has 0 spiro atoms. The number of fused-ring (bicyclic) bond motifs is 3. The molecular weight excluding hydrogens is 290 g/mol. The van der Waals surface area contributed by atoms with Crippen molar-refractivity contribution < 1.29 is 28.5 Å². The van der Waals surface area contributed by atoms with Gasteiger partial charge in [-0.25, -0.2) is 4.79 Å². The van der Waals surface area contributed by atoms with Gasteiger partial charge in [0.25, 0.3) is 5.97 Å². The lowest BCUT2D eigenvalue weighted by molar-refractivity contribution is -0.468. The molecule has 7 nitrogen and oxygen atoms in total. The van der Waals surface area contributed by atoms with Crippen molar-refractivity contribution in [2.45, 2.75) is 45.7 Å². The van der Waals surface area contributed by atoms with Crippen LogP contribution >= 0.6 is 0 Å². The highest BCUT2D eigenvalue weighted by Crippen LogP contribution is 2.42. The van der Waals surface area contributed by atoms with Crippen LogP contribution in [0.25, 0.3) is 0 Å². The van der Waals surface area contributed by atoms with E-state index in [9.17, 15) is 9.59 Å². The van der Waals surface area contributed by atoms with E-state index in [-0.39, 0.29) is 11.2 Å². The number of carbonyl (C=O) groups excluding carboxylic acids is 2. The Kier molecular flexibility index (Phi) is 4.89. The highest BCUT2D eigenvalue weighted by Gasteiger charge is 2.51. The predicted molar refractivity (Wildman–Crippen MR) is 76.8 cm³/mol. The summed E-state index contributed by atoms with van der Waals surface area (Å²) in [5.41, 5.74) is 5.16. The van der Waals surface area contributed by atoms with E-state index in [0.29, 0.717) is 38.2 Å². The normalized spacial score (nSPS) is 32.6. The van der Waals surface area contributed by atoms with Gasteiger partial charge < -0.3 is 24.7 Å². The predicted octanol–water partition coefficient (Wildman–Crippen LogP) is 1.50. The van der Waals surface area contributed by atoms with Crippen LogP contribution in [0, 0.1) is 5.41 Å². The highest BCUT2D eigenvalue weighted by molar-refractivity contribution is 5.98. The molecule has 2 N–H and O–H groups in total. The molecular formula is C15H23NO6. The minimum absolute atomic E-state index is 0.271. The standard InChI is InChI=1S/C15H23NO6/c1-4-15-19-7-14(8-20-15,9-21-15)6-5-10(2)12(17)11(3)22-13(16)18/h5,11H,4,6-9H2,1-3H3,(H2,16,18)/b10-5+. The quantitative estimate of drug-likeness (QED) is 0.746. The summed E-state index contributed by atoms with van der Waals surface area (Å²) in [7, 11) is 0. The lowest BCUT2D eigenvalue weighted by Gasteiger charge is -2.51. The molecule has 1 amide bonds. The Labute approximate surface area is 129 Å². The van der Waals surface area contributed by atoms with Gasteiger partial charge in [0.15, 0.2) is 11.9 Å². The summed E-state index contributed by atoms with van der Waals surface area (Å²) in [6.07, 6.45) is 1.19. The van der Waals surface area contributed by atoms with E-state index in [2.05, 4.69) is 4.74 Å². The first kappa shape index (κ1) is 16.9. The number of amides is 1. The molecule has 3 saturated heterocycles. The van der Waals surface area contributed by atoms with Gasteiger partial charge >= 0.3 is 6.09 Å². The second-order valence-electron chi connectivity index (χ2n) is 5.94. The number of primary amides is 1. The van der Waals surface area contributed by atoms with Crippen LogP contribution in [0.4, 0.5) is 4.79 Å². The fourth-order valence-corrected chi connectivity index (χ4v) is 2.54. The van der Waals surface area contributed by atoms with Gasteiger partial charge in [-0.3, -0.25) is 4.79 Å². The molecule has 0 aromatic heterocycles. The van der Waals surface area contributed by atoms with Crippen LogP contribution in [0.1, 0.15) is 33.6 Å². The van der Waals surface area contributed by atoms with Gasteiger partial charge in [0.2, 0.25) is 0 Å². The zero-order valence-corrected chi connectivity index (χ0v) is 13.2. The summed E-state index contributed by atoms with van der Waals surface area (Å²) in [4.78, 5) is 22.7. The Morgan fingerprint density at radius 3 is 2.27 bits per heavy atom. The van der Waals surface area contributed by atoms with Crippen LogP contribution in [0.5, 0.6) is 0 Å². The first-order chi connectivity index (χ1) is 10.3. The molecule has 22 heavy (non-hydrogen) atoms. The third kappa shape index (κ3) is 3.48. The van der Waals surface area contributed by atoms with Crippen molar-refractivity contribution in [3.8, 4) is 0 Å². The smallest absolute Gasteiger partial charge is 0.405 e. The number of ketones is 1. The van der Waals surface area contributed by atoms with Crippen molar-refractivity contribution in [3.05, 3.63) is 11.6 Å². The van der Waals surface area contributed by atoms with E-state index in [1.807, 2.05) is 13.0 Å². The van der Waals surface area contributed by atoms with Crippen molar-refractivity contribution in [3.63, 3.8) is 0 Å². The number of allylic oxidation sites excluding steroid dienone is 1. The summed E-state index contributed by atoms with van der Waals surface area (Å²) in [6.45, 7) is 6.73. The van der Waals surface area contributed by atoms with Crippen LogP contribution in [0.3, 0.4) is 0 Å². The summed E-state index contributed by atoms with van der Waals surface area (Å²) in [6, 6.07) is 0. The zero-order chi connectivity index (χ0) is 16.4. The monoisotopic (exact) mass is 313 g/mol. The number of nitrogens with two attached hydrogens (primary N) is 1. The molecule has 0 aromatic rings. The molecule has 7 heteroatoms. The number of carbonyl (C=O) groups is 2. The molecule has 0 aromatic carbocycles. The highest BCUT2D eigenvalue weighted by atomic mass is 16.9. The average molecular weight is 313 g/mol. The fourth-order valence-electron chi connectivity index (χ4n) is 2.54. The first-order valence-electron chi connectivity index (χ1n) is 7.40. The van der Waals surface area contributed by atoms with Gasteiger partial charge in [-0.1, -0.05) is 13.0 Å². The second kappa shape index (κ2) is 6.36. The SMILES string of the molecule is CCC12OCC(C/C=C(\C)C(=O)C(C)OC(N)=O)(CO1)CO2. The Balaban J connectivity index is 1.94. The number of ether oxygens (including phenoxy) is 4. The molecule has 3 aliphatic rings. The molecule has 3 aliphatic heterocycles. The lowest BCUT2D eigenvalue weighted by atomic mass is 9.84. The van der Waals surface area contributed by atoms with Crippen molar-refractivity contribution >= 4 is 11.9 Å². The summed E-state index contributed by atoms with van der Waals surface area (Å²) < 4.78 is 21.7. The minimum Gasteiger partial charge on any atom is -0.438 e. The van der Waals surface area contributed by atoms with E-state index in [4.69, 9.17) is 19.9 Å². The van der Waals surface area contributed by atoms with Gasteiger partial charge in [-0.15, -0.1) is 0 Å². The Hall–Kier alpha value is -1.44. The van der Waals surface area contributed by atoms with E-state index >= 15 is 0 Å². The largest absolute Gasteiger partial charge is 0.438 e. The maximum Gasteiger partial charge on any atom is 0.405 e. The summed E-state index contributed by atoms with van der Waals surface area (Å²) in [5.74, 6) is -1.16.